The number of aromatic nitrogens is 2. The van der Waals surface area contributed by atoms with Crippen LogP contribution >= 0.6 is 23.2 Å². The molecule has 0 N–H and O–H groups in total. The molecular weight excluding hydrogens is 467 g/mol. The molecule has 1 amide bonds. The first kappa shape index (κ1) is 21.9. The van der Waals surface area contributed by atoms with Gasteiger partial charge in [-0.15, -0.1) is 0 Å². The van der Waals surface area contributed by atoms with Crippen LogP contribution in [-0.4, -0.2) is 58.5 Å². The number of nitrogens with zero attached hydrogens (tertiary/aromatic N) is 4. The zero-order valence-electron chi connectivity index (χ0n) is 17.7. The Labute approximate surface area is 201 Å². The van der Waals surface area contributed by atoms with Gasteiger partial charge in [0.15, 0.2) is 29.7 Å². The van der Waals surface area contributed by atoms with Crippen LogP contribution in [0.15, 0.2) is 48.7 Å². The molecule has 2 aromatic carbocycles. The van der Waals surface area contributed by atoms with Crippen LogP contribution in [0.25, 0.3) is 0 Å². The summed E-state index contributed by atoms with van der Waals surface area (Å²) >= 11 is 12.2. The number of carbonyl (C=O) groups is 1. The molecule has 5 rings (SSSR count). The second-order valence-electron chi connectivity index (χ2n) is 7.82. The van der Waals surface area contributed by atoms with Crippen LogP contribution in [0.1, 0.15) is 16.1 Å². The van der Waals surface area contributed by atoms with Gasteiger partial charge in [-0.25, -0.2) is 4.68 Å². The molecule has 0 aliphatic carbocycles. The van der Waals surface area contributed by atoms with Crippen LogP contribution in [0.4, 0.5) is 0 Å². The van der Waals surface area contributed by atoms with E-state index in [0.29, 0.717) is 34.6 Å². The summed E-state index contributed by atoms with van der Waals surface area (Å²) in [6.07, 6.45) is 1.70. The van der Waals surface area contributed by atoms with Crippen molar-refractivity contribution in [1.82, 2.24) is 19.6 Å². The molecule has 172 valence electrons. The molecule has 0 unspecified atom stereocenters. The van der Waals surface area contributed by atoms with Crippen LogP contribution < -0.4 is 14.2 Å². The number of benzene rings is 2. The number of rotatable bonds is 6. The van der Waals surface area contributed by atoms with E-state index in [9.17, 15) is 4.79 Å². The van der Waals surface area contributed by atoms with E-state index in [1.807, 2.05) is 17.0 Å². The van der Waals surface area contributed by atoms with Gasteiger partial charge in [-0.05, 0) is 35.9 Å². The van der Waals surface area contributed by atoms with E-state index < -0.39 is 0 Å². The summed E-state index contributed by atoms with van der Waals surface area (Å²) < 4.78 is 18.0. The largest absolute Gasteiger partial charge is 0.468 e. The van der Waals surface area contributed by atoms with E-state index >= 15 is 0 Å². The number of ether oxygens (including phenoxy) is 3. The van der Waals surface area contributed by atoms with E-state index in [2.05, 4.69) is 16.1 Å². The highest BCUT2D eigenvalue weighted by atomic mass is 35.5. The molecule has 3 heterocycles. The lowest BCUT2D eigenvalue weighted by Gasteiger charge is -2.34. The van der Waals surface area contributed by atoms with Gasteiger partial charge in [0.25, 0.3) is 5.91 Å². The van der Waals surface area contributed by atoms with E-state index in [4.69, 9.17) is 37.4 Å². The van der Waals surface area contributed by atoms with Gasteiger partial charge in [0, 0.05) is 38.9 Å². The molecule has 0 atom stereocenters. The minimum atomic E-state index is -0.0905. The summed E-state index contributed by atoms with van der Waals surface area (Å²) in [5, 5.41) is 5.20. The third-order valence-electron chi connectivity index (χ3n) is 5.62. The van der Waals surface area contributed by atoms with E-state index in [0.717, 1.165) is 36.7 Å². The average Bonchev–Trinajstić information content (AvgIpc) is 3.48. The third-order valence-corrected chi connectivity index (χ3v) is 6.22. The first-order valence-corrected chi connectivity index (χ1v) is 11.3. The fourth-order valence-corrected chi connectivity index (χ4v) is 4.37. The highest BCUT2D eigenvalue weighted by molar-refractivity contribution is 6.37. The highest BCUT2D eigenvalue weighted by Gasteiger charge is 2.24. The maximum Gasteiger partial charge on any atom is 0.274 e. The van der Waals surface area contributed by atoms with Gasteiger partial charge in [0.1, 0.15) is 0 Å². The molecule has 1 aromatic heterocycles. The predicted molar refractivity (Wildman–Crippen MR) is 123 cm³/mol. The van der Waals surface area contributed by atoms with Crippen molar-refractivity contribution in [2.75, 3.05) is 33.0 Å². The van der Waals surface area contributed by atoms with Crippen molar-refractivity contribution in [1.29, 1.82) is 0 Å². The Kier molecular flexibility index (Phi) is 6.30. The first-order chi connectivity index (χ1) is 16.1. The lowest BCUT2D eigenvalue weighted by molar-refractivity contribution is 0.0621. The molecule has 0 saturated carbocycles. The van der Waals surface area contributed by atoms with Gasteiger partial charge in [0.2, 0.25) is 6.79 Å². The summed E-state index contributed by atoms with van der Waals surface area (Å²) in [4.78, 5) is 17.1. The van der Waals surface area contributed by atoms with E-state index in [-0.39, 0.29) is 19.4 Å². The number of piperazine rings is 1. The van der Waals surface area contributed by atoms with E-state index in [1.54, 1.807) is 35.1 Å². The molecule has 10 heteroatoms. The molecule has 0 radical (unpaired) electrons. The molecule has 3 aromatic rings. The number of para-hydroxylation sites is 1. The Balaban J connectivity index is 1.13. The summed E-state index contributed by atoms with van der Waals surface area (Å²) in [5.41, 5.74) is 1.55. The Morgan fingerprint density at radius 1 is 1.00 bits per heavy atom. The fourth-order valence-electron chi connectivity index (χ4n) is 3.87. The van der Waals surface area contributed by atoms with Crippen molar-refractivity contribution in [3.63, 3.8) is 0 Å². The van der Waals surface area contributed by atoms with Crippen molar-refractivity contribution in [3.8, 4) is 17.2 Å². The Morgan fingerprint density at radius 3 is 2.55 bits per heavy atom. The van der Waals surface area contributed by atoms with Gasteiger partial charge in [0.05, 0.1) is 10.0 Å². The SMILES string of the molecule is O=C(c1ccn(COc2c(Cl)cccc2Cl)n1)N1CCN(Cc2ccc3c(c2)OCO3)CC1. The Morgan fingerprint density at radius 2 is 1.76 bits per heavy atom. The maximum absolute atomic E-state index is 12.9. The lowest BCUT2D eigenvalue weighted by Crippen LogP contribution is -2.48. The first-order valence-electron chi connectivity index (χ1n) is 10.6. The van der Waals surface area contributed by atoms with Crippen LogP contribution in [0.5, 0.6) is 17.2 Å². The summed E-state index contributed by atoms with van der Waals surface area (Å²) in [7, 11) is 0. The molecule has 8 nitrogen and oxygen atoms in total. The molecule has 0 spiro atoms. The number of hydrogen-bond donors (Lipinski definition) is 0. The van der Waals surface area contributed by atoms with Crippen LogP contribution in [0, 0.1) is 0 Å². The zero-order chi connectivity index (χ0) is 22.8. The summed E-state index contributed by atoms with van der Waals surface area (Å²) in [5.74, 6) is 1.88. The minimum Gasteiger partial charge on any atom is -0.468 e. The molecule has 33 heavy (non-hydrogen) atoms. The smallest absolute Gasteiger partial charge is 0.274 e. The minimum absolute atomic E-state index is 0.0905. The van der Waals surface area contributed by atoms with E-state index in [1.165, 1.54) is 0 Å². The zero-order valence-corrected chi connectivity index (χ0v) is 19.3. The van der Waals surface area contributed by atoms with Crippen LogP contribution in [-0.2, 0) is 13.3 Å². The Bertz CT molecular complexity index is 1140. The third kappa shape index (κ3) is 4.88. The fraction of sp³-hybridized carbons (Fsp3) is 0.304. The van der Waals surface area contributed by atoms with Crippen molar-refractivity contribution in [3.05, 3.63) is 70.0 Å². The maximum atomic E-state index is 12.9. The number of amides is 1. The number of halogens is 2. The van der Waals surface area contributed by atoms with Crippen molar-refractivity contribution >= 4 is 29.1 Å². The number of carbonyl (C=O) groups excluding carboxylic acids is 1. The van der Waals surface area contributed by atoms with Crippen molar-refractivity contribution in [2.45, 2.75) is 13.3 Å². The number of hydrogen-bond acceptors (Lipinski definition) is 6. The normalized spacial score (nSPS) is 15.6. The molecule has 2 aliphatic heterocycles. The molecule has 1 fully saturated rings. The topological polar surface area (TPSA) is 69.1 Å². The predicted octanol–water partition coefficient (Wildman–Crippen LogP) is 3.91. The van der Waals surface area contributed by atoms with Gasteiger partial charge in [-0.3, -0.25) is 9.69 Å². The Hall–Kier alpha value is -2.94. The highest BCUT2D eigenvalue weighted by Crippen LogP contribution is 2.33. The standard InChI is InChI=1S/C23H22Cl2N4O4/c24-17-2-1-3-18(25)22(17)31-14-29-7-6-19(26-29)23(30)28-10-8-27(9-11-28)13-16-4-5-20-21(12-16)33-15-32-20/h1-7,12H,8-11,13-15H2. The summed E-state index contributed by atoms with van der Waals surface area (Å²) in [6.45, 7) is 4.03. The molecule has 2 aliphatic rings. The summed E-state index contributed by atoms with van der Waals surface area (Å²) in [6, 6.07) is 12.9. The van der Waals surface area contributed by atoms with Gasteiger partial charge >= 0.3 is 0 Å². The van der Waals surface area contributed by atoms with Gasteiger partial charge in [-0.1, -0.05) is 35.3 Å². The molecule has 0 bridgehead atoms. The van der Waals surface area contributed by atoms with Gasteiger partial charge < -0.3 is 19.1 Å². The second-order valence-corrected chi connectivity index (χ2v) is 8.64. The average molecular weight is 489 g/mol. The molecule has 1 saturated heterocycles. The lowest BCUT2D eigenvalue weighted by atomic mass is 10.1. The second kappa shape index (κ2) is 9.51. The molecular formula is C23H22Cl2N4O4. The van der Waals surface area contributed by atoms with Crippen LogP contribution in [0.2, 0.25) is 10.0 Å². The van der Waals surface area contributed by atoms with Crippen LogP contribution in [0.3, 0.4) is 0 Å². The monoisotopic (exact) mass is 488 g/mol. The number of fused-ring (bicyclic) bond motifs is 1. The van der Waals surface area contributed by atoms with Crippen molar-refractivity contribution < 1.29 is 19.0 Å². The quantitative estimate of drug-likeness (QED) is 0.523. The van der Waals surface area contributed by atoms with Gasteiger partial charge in [-0.2, -0.15) is 5.10 Å². The van der Waals surface area contributed by atoms with Crippen molar-refractivity contribution in [2.24, 2.45) is 0 Å².